The van der Waals surface area contributed by atoms with Gasteiger partial charge in [-0.05, 0) is 29.9 Å². The first-order valence-electron chi connectivity index (χ1n) is 4.97. The van der Waals surface area contributed by atoms with E-state index < -0.39 is 0 Å². The van der Waals surface area contributed by atoms with Gasteiger partial charge < -0.3 is 4.90 Å². The molecule has 2 rings (SSSR count). The van der Waals surface area contributed by atoms with E-state index in [0.717, 1.165) is 24.2 Å². The minimum absolute atomic E-state index is 0.241. The third kappa shape index (κ3) is 2.52. The van der Waals surface area contributed by atoms with Crippen molar-refractivity contribution in [2.24, 2.45) is 11.8 Å². The second-order valence-electron chi connectivity index (χ2n) is 4.16. The maximum Gasteiger partial charge on any atom is 0.224 e. The van der Waals surface area contributed by atoms with Gasteiger partial charge in [0.15, 0.2) is 5.82 Å². The van der Waals surface area contributed by atoms with E-state index >= 15 is 0 Å². The topological polar surface area (TPSA) is 29.0 Å². The first-order chi connectivity index (χ1) is 7.08. The molecule has 1 aliphatic rings. The van der Waals surface area contributed by atoms with Crippen molar-refractivity contribution in [3.63, 3.8) is 0 Å². The third-order valence-electron chi connectivity index (χ3n) is 2.84. The molecule has 1 saturated carbocycles. The van der Waals surface area contributed by atoms with Gasteiger partial charge in [-0.15, -0.1) is 0 Å². The Morgan fingerprint density at radius 2 is 2.20 bits per heavy atom. The van der Waals surface area contributed by atoms with Gasteiger partial charge >= 0.3 is 0 Å². The smallest absolute Gasteiger partial charge is 0.224 e. The fourth-order valence-corrected chi connectivity index (χ4v) is 2.06. The van der Waals surface area contributed by atoms with Crippen LogP contribution >= 0.6 is 23.2 Å². The Bertz CT molecular complexity index is 370. The van der Waals surface area contributed by atoms with Crippen molar-refractivity contribution < 1.29 is 0 Å². The number of anilines is 1. The maximum absolute atomic E-state index is 6.01. The standard InChI is InChI=1S/C10H13Cl2N3/c1-6-3-7(6)5-15(2)9-8(11)4-13-10(12)14-9/h4,6-7H,3,5H2,1-2H3. The predicted octanol–water partition coefficient (Wildman–Crippen LogP) is 2.88. The van der Waals surface area contributed by atoms with Gasteiger partial charge in [0.1, 0.15) is 5.02 Å². The summed E-state index contributed by atoms with van der Waals surface area (Å²) in [5.74, 6) is 2.30. The number of halogens is 2. The lowest BCUT2D eigenvalue weighted by molar-refractivity contribution is 0.719. The van der Waals surface area contributed by atoms with Crippen LogP contribution in [-0.2, 0) is 0 Å². The van der Waals surface area contributed by atoms with Crippen molar-refractivity contribution in [1.82, 2.24) is 9.97 Å². The summed E-state index contributed by atoms with van der Waals surface area (Å²) in [7, 11) is 1.98. The van der Waals surface area contributed by atoms with E-state index in [2.05, 4.69) is 16.9 Å². The second-order valence-corrected chi connectivity index (χ2v) is 4.91. The Labute approximate surface area is 99.4 Å². The lowest BCUT2D eigenvalue weighted by atomic mass is 10.3. The van der Waals surface area contributed by atoms with Crippen LogP contribution in [0.15, 0.2) is 6.20 Å². The highest BCUT2D eigenvalue weighted by Gasteiger charge is 2.33. The van der Waals surface area contributed by atoms with Crippen molar-refractivity contribution in [3.8, 4) is 0 Å². The SMILES string of the molecule is CC1CC1CN(C)c1nc(Cl)ncc1Cl. The number of aromatic nitrogens is 2. The molecule has 82 valence electrons. The van der Waals surface area contributed by atoms with Crippen LogP contribution < -0.4 is 4.90 Å². The van der Waals surface area contributed by atoms with Crippen LogP contribution in [0, 0.1) is 11.8 Å². The van der Waals surface area contributed by atoms with Crippen molar-refractivity contribution in [2.75, 3.05) is 18.5 Å². The lowest BCUT2D eigenvalue weighted by Gasteiger charge is -2.18. The van der Waals surface area contributed by atoms with Crippen LogP contribution in [0.25, 0.3) is 0 Å². The van der Waals surface area contributed by atoms with Crippen molar-refractivity contribution >= 4 is 29.0 Å². The van der Waals surface area contributed by atoms with E-state index in [0.29, 0.717) is 5.02 Å². The Morgan fingerprint density at radius 3 is 2.80 bits per heavy atom. The highest BCUT2D eigenvalue weighted by Crippen LogP contribution is 2.39. The van der Waals surface area contributed by atoms with E-state index in [1.165, 1.54) is 6.42 Å². The van der Waals surface area contributed by atoms with Crippen LogP contribution in [0.3, 0.4) is 0 Å². The third-order valence-corrected chi connectivity index (χ3v) is 3.29. The van der Waals surface area contributed by atoms with Crippen LogP contribution in [-0.4, -0.2) is 23.6 Å². The highest BCUT2D eigenvalue weighted by atomic mass is 35.5. The molecule has 1 fully saturated rings. The molecular formula is C10H13Cl2N3. The summed E-state index contributed by atoms with van der Waals surface area (Å²) < 4.78 is 0. The van der Waals surface area contributed by atoms with Crippen LogP contribution in [0.2, 0.25) is 10.3 Å². The molecule has 0 radical (unpaired) electrons. The van der Waals surface area contributed by atoms with Gasteiger partial charge in [0.25, 0.3) is 0 Å². The zero-order valence-electron chi connectivity index (χ0n) is 8.74. The van der Waals surface area contributed by atoms with Crippen molar-refractivity contribution in [2.45, 2.75) is 13.3 Å². The number of hydrogen-bond acceptors (Lipinski definition) is 3. The largest absolute Gasteiger partial charge is 0.358 e. The van der Waals surface area contributed by atoms with Crippen LogP contribution in [0.1, 0.15) is 13.3 Å². The molecule has 0 aliphatic heterocycles. The number of nitrogens with zero attached hydrogens (tertiary/aromatic N) is 3. The molecule has 2 atom stereocenters. The maximum atomic E-state index is 6.01. The van der Waals surface area contributed by atoms with Gasteiger partial charge in [-0.3, -0.25) is 0 Å². The first-order valence-corrected chi connectivity index (χ1v) is 5.72. The number of hydrogen-bond donors (Lipinski definition) is 0. The monoisotopic (exact) mass is 245 g/mol. The minimum Gasteiger partial charge on any atom is -0.358 e. The van der Waals surface area contributed by atoms with E-state index in [1.54, 1.807) is 6.20 Å². The Balaban J connectivity index is 2.10. The van der Waals surface area contributed by atoms with E-state index in [-0.39, 0.29) is 5.28 Å². The highest BCUT2D eigenvalue weighted by molar-refractivity contribution is 6.33. The molecule has 1 aromatic heterocycles. The van der Waals surface area contributed by atoms with Gasteiger partial charge in [-0.2, -0.15) is 4.98 Å². The minimum atomic E-state index is 0.241. The molecule has 0 amide bonds. The summed E-state index contributed by atoms with van der Waals surface area (Å²) in [6.45, 7) is 3.24. The second kappa shape index (κ2) is 4.14. The zero-order valence-corrected chi connectivity index (χ0v) is 10.3. The van der Waals surface area contributed by atoms with E-state index in [9.17, 15) is 0 Å². The van der Waals surface area contributed by atoms with Gasteiger partial charge in [-0.25, -0.2) is 4.98 Å². The van der Waals surface area contributed by atoms with E-state index in [1.807, 2.05) is 11.9 Å². The first kappa shape index (κ1) is 11.0. The Kier molecular flexibility index (Phi) is 3.03. The molecule has 15 heavy (non-hydrogen) atoms. The molecule has 2 unspecified atom stereocenters. The summed E-state index contributed by atoms with van der Waals surface area (Å²) in [6, 6.07) is 0. The molecule has 5 heteroatoms. The van der Waals surface area contributed by atoms with Crippen molar-refractivity contribution in [3.05, 3.63) is 16.5 Å². The zero-order chi connectivity index (χ0) is 11.0. The molecule has 0 saturated heterocycles. The average Bonchev–Trinajstić information content (AvgIpc) is 2.86. The average molecular weight is 246 g/mol. The molecule has 1 heterocycles. The summed E-state index contributed by atoms with van der Waals surface area (Å²) in [5, 5.41) is 0.792. The molecule has 1 aliphatic carbocycles. The van der Waals surface area contributed by atoms with Crippen LogP contribution in [0.5, 0.6) is 0 Å². The van der Waals surface area contributed by atoms with Crippen molar-refractivity contribution in [1.29, 1.82) is 0 Å². The normalized spacial score (nSPS) is 24.0. The predicted molar refractivity (Wildman–Crippen MR) is 62.6 cm³/mol. The molecule has 3 nitrogen and oxygen atoms in total. The molecule has 1 aromatic rings. The van der Waals surface area contributed by atoms with E-state index in [4.69, 9.17) is 23.2 Å². The molecule has 0 aromatic carbocycles. The Morgan fingerprint density at radius 1 is 1.53 bits per heavy atom. The fourth-order valence-electron chi connectivity index (χ4n) is 1.70. The molecule has 0 bridgehead atoms. The molecule has 0 N–H and O–H groups in total. The molecule has 0 spiro atoms. The quantitative estimate of drug-likeness (QED) is 0.768. The van der Waals surface area contributed by atoms with Gasteiger partial charge in [-0.1, -0.05) is 18.5 Å². The van der Waals surface area contributed by atoms with Gasteiger partial charge in [0.2, 0.25) is 5.28 Å². The Hall–Kier alpha value is -0.540. The summed E-state index contributed by atoms with van der Waals surface area (Å²) in [5.41, 5.74) is 0. The fraction of sp³-hybridized carbons (Fsp3) is 0.600. The van der Waals surface area contributed by atoms with Gasteiger partial charge in [0, 0.05) is 13.6 Å². The summed E-state index contributed by atoms with van der Waals surface area (Å²) in [6.07, 6.45) is 2.83. The summed E-state index contributed by atoms with van der Waals surface area (Å²) in [4.78, 5) is 10.00. The summed E-state index contributed by atoms with van der Waals surface area (Å²) >= 11 is 11.7. The van der Waals surface area contributed by atoms with Gasteiger partial charge in [0.05, 0.1) is 6.20 Å². The lowest BCUT2D eigenvalue weighted by Crippen LogP contribution is -2.22. The van der Waals surface area contributed by atoms with Crippen LogP contribution in [0.4, 0.5) is 5.82 Å². The number of rotatable bonds is 3. The molecular weight excluding hydrogens is 233 g/mol.